The van der Waals surface area contributed by atoms with Crippen LogP contribution in [-0.2, 0) is 4.43 Å². The molecule has 0 unspecified atom stereocenters. The Hall–Kier alpha value is -0.503. The number of allylic oxidation sites excluding steroid dienone is 3. The minimum atomic E-state index is -1.40. The van der Waals surface area contributed by atoms with E-state index in [1.165, 1.54) is 0 Å². The van der Waals surface area contributed by atoms with Crippen molar-refractivity contribution in [1.82, 2.24) is 0 Å². The van der Waals surface area contributed by atoms with Crippen molar-refractivity contribution in [3.05, 3.63) is 24.0 Å². The minimum absolute atomic E-state index is 1.01. The Morgan fingerprint density at radius 3 is 2.00 bits per heavy atom. The molecule has 0 N–H and O–H groups in total. The van der Waals surface area contributed by atoms with E-state index >= 15 is 0 Å². The molecule has 0 aromatic heterocycles. The van der Waals surface area contributed by atoms with Crippen LogP contribution >= 0.6 is 0 Å². The van der Waals surface area contributed by atoms with Gasteiger partial charge in [-0.05, 0) is 39.1 Å². The number of hydrogen-bond donors (Lipinski definition) is 0. The molecule has 0 spiro atoms. The van der Waals surface area contributed by atoms with Gasteiger partial charge < -0.3 is 4.43 Å². The maximum Gasteiger partial charge on any atom is 0.241 e. The van der Waals surface area contributed by atoms with E-state index in [0.717, 1.165) is 11.3 Å². The Morgan fingerprint density at radius 1 is 1.27 bits per heavy atom. The zero-order valence-electron chi connectivity index (χ0n) is 8.19. The highest BCUT2D eigenvalue weighted by molar-refractivity contribution is 6.70. The SMILES string of the molecule is C=CC(C)=C(C)O[Si](C)(C)C. The molecular formula is C9H18OSi. The molecule has 0 saturated heterocycles. The molecule has 0 radical (unpaired) electrons. The van der Waals surface area contributed by atoms with Gasteiger partial charge in [0, 0.05) is 0 Å². The summed E-state index contributed by atoms with van der Waals surface area (Å²) in [5.74, 6) is 1.01. The van der Waals surface area contributed by atoms with Gasteiger partial charge in [0.15, 0.2) is 0 Å². The van der Waals surface area contributed by atoms with E-state index < -0.39 is 8.32 Å². The Labute approximate surface area is 70.9 Å². The standard InChI is InChI=1S/C9H18OSi/c1-7-8(2)9(3)10-11(4,5)6/h7H,1H2,2-6H3. The monoisotopic (exact) mass is 170 g/mol. The van der Waals surface area contributed by atoms with E-state index in [1.54, 1.807) is 0 Å². The predicted octanol–water partition coefficient (Wildman–Crippen LogP) is 3.32. The summed E-state index contributed by atoms with van der Waals surface area (Å²) in [7, 11) is -1.40. The Kier molecular flexibility index (Phi) is 3.59. The van der Waals surface area contributed by atoms with Crippen molar-refractivity contribution in [1.29, 1.82) is 0 Å². The highest BCUT2D eigenvalue weighted by Crippen LogP contribution is 2.13. The molecule has 0 aromatic carbocycles. The van der Waals surface area contributed by atoms with Crippen LogP contribution in [0.3, 0.4) is 0 Å². The van der Waals surface area contributed by atoms with Gasteiger partial charge in [0.05, 0.1) is 5.76 Å². The van der Waals surface area contributed by atoms with Gasteiger partial charge in [-0.1, -0.05) is 12.7 Å². The van der Waals surface area contributed by atoms with Crippen LogP contribution in [-0.4, -0.2) is 8.32 Å². The average Bonchev–Trinajstić information content (AvgIpc) is 1.82. The molecule has 0 bridgehead atoms. The largest absolute Gasteiger partial charge is 0.547 e. The van der Waals surface area contributed by atoms with Gasteiger partial charge in [-0.15, -0.1) is 0 Å². The topological polar surface area (TPSA) is 9.23 Å². The smallest absolute Gasteiger partial charge is 0.241 e. The number of hydrogen-bond acceptors (Lipinski definition) is 1. The van der Waals surface area contributed by atoms with Gasteiger partial charge in [-0.2, -0.15) is 0 Å². The molecule has 11 heavy (non-hydrogen) atoms. The molecule has 0 fully saturated rings. The second-order valence-electron chi connectivity index (χ2n) is 3.66. The van der Waals surface area contributed by atoms with Crippen molar-refractivity contribution < 1.29 is 4.43 Å². The lowest BCUT2D eigenvalue weighted by Gasteiger charge is -2.20. The average molecular weight is 170 g/mol. The first-order chi connectivity index (χ1) is 4.87. The third-order valence-corrected chi connectivity index (χ3v) is 2.24. The van der Waals surface area contributed by atoms with Gasteiger partial charge in [0.1, 0.15) is 0 Å². The fourth-order valence-corrected chi connectivity index (χ4v) is 1.76. The van der Waals surface area contributed by atoms with Crippen LogP contribution in [0.15, 0.2) is 24.0 Å². The van der Waals surface area contributed by atoms with Crippen molar-refractivity contribution in [3.8, 4) is 0 Å². The minimum Gasteiger partial charge on any atom is -0.547 e. The molecule has 0 saturated carbocycles. The normalized spacial score (nSPS) is 13.9. The highest BCUT2D eigenvalue weighted by Gasteiger charge is 2.16. The zero-order valence-corrected chi connectivity index (χ0v) is 9.19. The summed E-state index contributed by atoms with van der Waals surface area (Å²) in [6, 6.07) is 0. The van der Waals surface area contributed by atoms with E-state index in [-0.39, 0.29) is 0 Å². The van der Waals surface area contributed by atoms with Crippen LogP contribution in [0.2, 0.25) is 19.6 Å². The summed E-state index contributed by atoms with van der Waals surface area (Å²) in [6.45, 7) is 14.2. The fraction of sp³-hybridized carbons (Fsp3) is 0.556. The lowest BCUT2D eigenvalue weighted by atomic mass is 10.3. The first-order valence-corrected chi connectivity index (χ1v) is 7.26. The zero-order chi connectivity index (χ0) is 9.07. The second-order valence-corrected chi connectivity index (χ2v) is 8.09. The molecule has 0 amide bonds. The van der Waals surface area contributed by atoms with Crippen LogP contribution in [0.1, 0.15) is 13.8 Å². The van der Waals surface area contributed by atoms with Crippen molar-refractivity contribution in [2.45, 2.75) is 33.5 Å². The molecule has 0 aliphatic carbocycles. The van der Waals surface area contributed by atoms with Gasteiger partial charge in [0.25, 0.3) is 0 Å². The summed E-state index contributed by atoms with van der Waals surface area (Å²) >= 11 is 0. The molecule has 0 heterocycles. The second kappa shape index (κ2) is 3.76. The fourth-order valence-electron chi connectivity index (χ4n) is 0.684. The Bertz CT molecular complexity index is 174. The molecule has 0 aliphatic heterocycles. The molecule has 64 valence electrons. The molecule has 2 heteroatoms. The van der Waals surface area contributed by atoms with Crippen molar-refractivity contribution in [2.24, 2.45) is 0 Å². The quantitative estimate of drug-likeness (QED) is 0.359. The molecule has 0 aliphatic rings. The van der Waals surface area contributed by atoms with Crippen molar-refractivity contribution in [3.63, 3.8) is 0 Å². The molecule has 0 aromatic rings. The highest BCUT2D eigenvalue weighted by atomic mass is 28.4. The lowest BCUT2D eigenvalue weighted by molar-refractivity contribution is 0.419. The van der Waals surface area contributed by atoms with E-state index in [1.807, 2.05) is 19.9 Å². The molecule has 0 rings (SSSR count). The summed E-state index contributed by atoms with van der Waals surface area (Å²) in [5.41, 5.74) is 1.13. The molecule has 0 atom stereocenters. The van der Waals surface area contributed by atoms with Crippen LogP contribution in [0.25, 0.3) is 0 Å². The Balaban J connectivity index is 4.28. The first-order valence-electron chi connectivity index (χ1n) is 3.86. The van der Waals surface area contributed by atoms with Crippen LogP contribution in [0.4, 0.5) is 0 Å². The Morgan fingerprint density at radius 2 is 1.73 bits per heavy atom. The van der Waals surface area contributed by atoms with Crippen LogP contribution in [0, 0.1) is 0 Å². The summed E-state index contributed by atoms with van der Waals surface area (Å²) in [4.78, 5) is 0. The third-order valence-electron chi connectivity index (χ3n) is 1.32. The van der Waals surface area contributed by atoms with E-state index in [4.69, 9.17) is 4.43 Å². The van der Waals surface area contributed by atoms with Gasteiger partial charge in [-0.3, -0.25) is 0 Å². The number of rotatable bonds is 3. The van der Waals surface area contributed by atoms with Crippen LogP contribution < -0.4 is 0 Å². The van der Waals surface area contributed by atoms with Crippen molar-refractivity contribution in [2.75, 3.05) is 0 Å². The first kappa shape index (κ1) is 10.5. The maximum absolute atomic E-state index is 5.74. The summed E-state index contributed by atoms with van der Waals surface area (Å²) in [5, 5.41) is 0. The third kappa shape index (κ3) is 4.84. The maximum atomic E-state index is 5.74. The van der Waals surface area contributed by atoms with E-state index in [9.17, 15) is 0 Å². The lowest BCUT2D eigenvalue weighted by Crippen LogP contribution is -2.24. The summed E-state index contributed by atoms with van der Waals surface area (Å²) < 4.78 is 5.74. The summed E-state index contributed by atoms with van der Waals surface area (Å²) in [6.07, 6.45) is 1.83. The van der Waals surface area contributed by atoms with E-state index in [2.05, 4.69) is 26.2 Å². The molecular weight excluding hydrogens is 152 g/mol. The van der Waals surface area contributed by atoms with Crippen LogP contribution in [0.5, 0.6) is 0 Å². The molecule has 1 nitrogen and oxygen atoms in total. The van der Waals surface area contributed by atoms with Crippen molar-refractivity contribution >= 4 is 8.32 Å². The van der Waals surface area contributed by atoms with Gasteiger partial charge in [-0.25, -0.2) is 0 Å². The van der Waals surface area contributed by atoms with Gasteiger partial charge in [0.2, 0.25) is 8.32 Å². The van der Waals surface area contributed by atoms with Gasteiger partial charge >= 0.3 is 0 Å². The predicted molar refractivity (Wildman–Crippen MR) is 53.0 cm³/mol. The van der Waals surface area contributed by atoms with E-state index in [0.29, 0.717) is 0 Å².